The first-order valence-electron chi connectivity index (χ1n) is 6.06. The Morgan fingerprint density at radius 1 is 1.44 bits per heavy atom. The van der Waals surface area contributed by atoms with Gasteiger partial charge in [-0.3, -0.25) is 0 Å². The highest BCUT2D eigenvalue weighted by Gasteiger charge is 2.07. The second kappa shape index (κ2) is 6.06. The number of aromatic nitrogens is 3. The number of hydrogen-bond donors (Lipinski definition) is 1. The Morgan fingerprint density at radius 2 is 2.28 bits per heavy atom. The van der Waals surface area contributed by atoms with Gasteiger partial charge in [-0.1, -0.05) is 0 Å². The van der Waals surface area contributed by atoms with Crippen molar-refractivity contribution in [2.45, 2.75) is 11.9 Å². The lowest BCUT2D eigenvalue weighted by molar-refractivity contribution is 0.437. The van der Waals surface area contributed by atoms with Crippen molar-refractivity contribution in [1.29, 1.82) is 0 Å². The third kappa shape index (κ3) is 3.14. The summed E-state index contributed by atoms with van der Waals surface area (Å²) in [7, 11) is 4.16. The van der Waals surface area contributed by atoms with Gasteiger partial charge in [0.25, 0.3) is 0 Å². The summed E-state index contributed by atoms with van der Waals surface area (Å²) in [5, 5.41) is 4.23. The van der Waals surface area contributed by atoms with Crippen molar-refractivity contribution in [1.82, 2.24) is 19.3 Å². The second-order valence-corrected chi connectivity index (χ2v) is 5.36. The lowest BCUT2D eigenvalue weighted by Gasteiger charge is -2.10. The van der Waals surface area contributed by atoms with Crippen LogP contribution in [0.3, 0.4) is 0 Å². The van der Waals surface area contributed by atoms with Gasteiger partial charge in [0.1, 0.15) is 10.8 Å². The molecule has 1 N–H and O–H groups in total. The molecule has 0 radical (unpaired) electrons. The van der Waals surface area contributed by atoms with Gasteiger partial charge < -0.3 is 14.6 Å². The van der Waals surface area contributed by atoms with Crippen molar-refractivity contribution in [2.75, 3.05) is 38.3 Å². The SMILES string of the molecule is CCNc1cn2ccnc2c(SCCN(C)C)n1. The summed E-state index contributed by atoms with van der Waals surface area (Å²) < 4.78 is 2.02. The summed E-state index contributed by atoms with van der Waals surface area (Å²) in [4.78, 5) is 11.1. The van der Waals surface area contributed by atoms with E-state index in [9.17, 15) is 0 Å². The van der Waals surface area contributed by atoms with E-state index >= 15 is 0 Å². The van der Waals surface area contributed by atoms with Crippen LogP contribution < -0.4 is 5.32 Å². The lowest BCUT2D eigenvalue weighted by atomic mass is 10.6. The van der Waals surface area contributed by atoms with Gasteiger partial charge in [0.2, 0.25) is 0 Å². The van der Waals surface area contributed by atoms with Gasteiger partial charge in [0.15, 0.2) is 5.65 Å². The van der Waals surface area contributed by atoms with Gasteiger partial charge in [-0.05, 0) is 21.0 Å². The first-order valence-corrected chi connectivity index (χ1v) is 7.04. The van der Waals surface area contributed by atoms with E-state index in [2.05, 4.69) is 41.2 Å². The summed E-state index contributed by atoms with van der Waals surface area (Å²) in [6.45, 7) is 3.97. The third-order valence-electron chi connectivity index (χ3n) is 2.48. The van der Waals surface area contributed by atoms with Crippen LogP contribution in [0.1, 0.15) is 6.92 Å². The van der Waals surface area contributed by atoms with E-state index in [1.807, 2.05) is 23.0 Å². The van der Waals surface area contributed by atoms with E-state index in [1.54, 1.807) is 11.8 Å². The van der Waals surface area contributed by atoms with Crippen LogP contribution in [0, 0.1) is 0 Å². The van der Waals surface area contributed by atoms with Gasteiger partial charge >= 0.3 is 0 Å². The minimum atomic E-state index is 0.870. The Bertz CT molecular complexity index is 508. The van der Waals surface area contributed by atoms with Gasteiger partial charge in [-0.15, -0.1) is 11.8 Å². The molecule has 2 aromatic rings. The van der Waals surface area contributed by atoms with Crippen molar-refractivity contribution in [3.63, 3.8) is 0 Å². The molecule has 18 heavy (non-hydrogen) atoms. The van der Waals surface area contributed by atoms with Crippen LogP contribution in [-0.4, -0.2) is 52.2 Å². The summed E-state index contributed by atoms with van der Waals surface area (Å²) >= 11 is 1.75. The number of anilines is 1. The number of nitrogens with one attached hydrogen (secondary N) is 1. The monoisotopic (exact) mass is 265 g/mol. The van der Waals surface area contributed by atoms with Crippen molar-refractivity contribution in [3.8, 4) is 0 Å². The number of fused-ring (bicyclic) bond motifs is 1. The van der Waals surface area contributed by atoms with Crippen molar-refractivity contribution >= 4 is 23.2 Å². The highest BCUT2D eigenvalue weighted by Crippen LogP contribution is 2.22. The Labute approximate surface area is 112 Å². The Kier molecular flexibility index (Phi) is 4.43. The summed E-state index contributed by atoms with van der Waals surface area (Å²) in [6.07, 6.45) is 5.73. The van der Waals surface area contributed by atoms with Crippen LogP contribution in [0.4, 0.5) is 5.82 Å². The molecule has 0 aliphatic rings. The van der Waals surface area contributed by atoms with Gasteiger partial charge in [0, 0.05) is 31.2 Å². The van der Waals surface area contributed by atoms with Crippen molar-refractivity contribution in [3.05, 3.63) is 18.6 Å². The number of thioether (sulfide) groups is 1. The van der Waals surface area contributed by atoms with Crippen LogP contribution >= 0.6 is 11.8 Å². The quantitative estimate of drug-likeness (QED) is 0.807. The molecule has 0 aliphatic carbocycles. The molecule has 0 spiro atoms. The highest BCUT2D eigenvalue weighted by atomic mass is 32.2. The number of nitrogens with zero attached hydrogens (tertiary/aromatic N) is 4. The number of hydrogen-bond acceptors (Lipinski definition) is 5. The van der Waals surface area contributed by atoms with Gasteiger partial charge in [0.05, 0.1) is 6.20 Å². The van der Waals surface area contributed by atoms with Gasteiger partial charge in [-0.25, -0.2) is 9.97 Å². The summed E-state index contributed by atoms with van der Waals surface area (Å²) in [5.74, 6) is 1.91. The molecular formula is C12H19N5S. The molecule has 5 nitrogen and oxygen atoms in total. The summed E-state index contributed by atoms with van der Waals surface area (Å²) in [6, 6.07) is 0. The Balaban J connectivity index is 2.20. The second-order valence-electron chi connectivity index (χ2n) is 4.27. The molecular weight excluding hydrogens is 246 g/mol. The molecule has 0 amide bonds. The molecule has 2 heterocycles. The average Bonchev–Trinajstić information content (AvgIpc) is 2.77. The fourth-order valence-corrected chi connectivity index (χ4v) is 2.69. The topological polar surface area (TPSA) is 45.5 Å². The molecule has 0 fully saturated rings. The van der Waals surface area contributed by atoms with Crippen molar-refractivity contribution in [2.24, 2.45) is 0 Å². The van der Waals surface area contributed by atoms with Gasteiger partial charge in [-0.2, -0.15) is 0 Å². The molecule has 0 saturated heterocycles. The Morgan fingerprint density at radius 3 is 3.00 bits per heavy atom. The molecule has 6 heteroatoms. The zero-order valence-electron chi connectivity index (χ0n) is 11.1. The molecule has 98 valence electrons. The molecule has 0 bridgehead atoms. The molecule has 2 aromatic heterocycles. The number of rotatable bonds is 6. The smallest absolute Gasteiger partial charge is 0.169 e. The first-order chi connectivity index (χ1) is 8.70. The zero-order chi connectivity index (χ0) is 13.0. The predicted molar refractivity (Wildman–Crippen MR) is 76.4 cm³/mol. The molecule has 0 atom stereocenters. The lowest BCUT2D eigenvalue weighted by Crippen LogP contribution is -2.15. The minimum absolute atomic E-state index is 0.870. The zero-order valence-corrected chi connectivity index (χ0v) is 11.9. The highest BCUT2D eigenvalue weighted by molar-refractivity contribution is 7.99. The van der Waals surface area contributed by atoms with E-state index in [4.69, 9.17) is 0 Å². The molecule has 2 rings (SSSR count). The predicted octanol–water partition coefficient (Wildman–Crippen LogP) is 1.81. The van der Waals surface area contributed by atoms with Crippen LogP contribution in [0.25, 0.3) is 5.65 Å². The maximum Gasteiger partial charge on any atom is 0.169 e. The maximum absolute atomic E-state index is 4.61. The average molecular weight is 265 g/mol. The fourth-order valence-electron chi connectivity index (χ4n) is 1.59. The first kappa shape index (κ1) is 13.2. The van der Waals surface area contributed by atoms with Crippen LogP contribution in [0.2, 0.25) is 0 Å². The molecule has 0 saturated carbocycles. The Hall–Kier alpha value is -1.27. The maximum atomic E-state index is 4.61. The van der Waals surface area contributed by atoms with Crippen molar-refractivity contribution < 1.29 is 0 Å². The fraction of sp³-hybridized carbons (Fsp3) is 0.500. The van der Waals surface area contributed by atoms with E-state index in [0.717, 1.165) is 35.3 Å². The van der Waals surface area contributed by atoms with Crippen LogP contribution in [0.5, 0.6) is 0 Å². The summed E-state index contributed by atoms with van der Waals surface area (Å²) in [5.41, 5.74) is 0.931. The standard InChI is InChI=1S/C12H19N5S/c1-4-13-10-9-17-6-5-14-11(17)12(15-10)18-8-7-16(2)3/h5-6,9,13H,4,7-8H2,1-3H3. The van der Waals surface area contributed by atoms with E-state index in [0.29, 0.717) is 0 Å². The van der Waals surface area contributed by atoms with Crippen LogP contribution in [-0.2, 0) is 0 Å². The van der Waals surface area contributed by atoms with Crippen LogP contribution in [0.15, 0.2) is 23.6 Å². The largest absolute Gasteiger partial charge is 0.369 e. The number of imidazole rings is 1. The molecule has 0 unspecified atom stereocenters. The molecule has 0 aromatic carbocycles. The normalized spacial score (nSPS) is 11.3. The minimum Gasteiger partial charge on any atom is -0.369 e. The molecule has 0 aliphatic heterocycles. The van der Waals surface area contributed by atoms with E-state index in [-0.39, 0.29) is 0 Å². The van der Waals surface area contributed by atoms with E-state index in [1.165, 1.54) is 0 Å². The third-order valence-corrected chi connectivity index (χ3v) is 3.41. The van der Waals surface area contributed by atoms with E-state index < -0.39 is 0 Å².